The molecule has 168 valence electrons. The largest absolute Gasteiger partial charge is 0.423 e. The second-order valence-electron chi connectivity index (χ2n) is 8.11. The lowest BCUT2D eigenvalue weighted by atomic mass is 10.00. The molecular formula is C27H22N4O3. The molecule has 5 rings (SSSR count). The molecule has 7 nitrogen and oxygen atoms in total. The van der Waals surface area contributed by atoms with Gasteiger partial charge in [-0.15, -0.1) is 10.2 Å². The van der Waals surface area contributed by atoms with Crippen molar-refractivity contribution in [2.45, 2.75) is 19.8 Å². The zero-order valence-electron chi connectivity index (χ0n) is 18.8. The van der Waals surface area contributed by atoms with E-state index < -0.39 is 5.97 Å². The van der Waals surface area contributed by atoms with Gasteiger partial charge in [-0.25, -0.2) is 9.48 Å². The standard InChI is InChI=1S/C27H22N4O3/c1-18(2)19-8-10-20(11-9-19)25-24(16-31(30-25)22-6-4-3-5-7-22)27(32)34-23-14-12-21(13-15-23)26-29-28-17-33-26/h3-18H,1-2H3. The van der Waals surface area contributed by atoms with Crippen molar-refractivity contribution in [3.05, 3.63) is 103 Å². The number of benzene rings is 3. The van der Waals surface area contributed by atoms with Crippen LogP contribution in [0.5, 0.6) is 5.75 Å². The van der Waals surface area contributed by atoms with Gasteiger partial charge in [0.15, 0.2) is 0 Å². The molecule has 3 aromatic carbocycles. The molecule has 5 aromatic rings. The number of nitrogens with zero attached hydrogens (tertiary/aromatic N) is 4. The van der Waals surface area contributed by atoms with Gasteiger partial charge in [-0.3, -0.25) is 0 Å². The van der Waals surface area contributed by atoms with Gasteiger partial charge >= 0.3 is 5.97 Å². The van der Waals surface area contributed by atoms with E-state index in [0.29, 0.717) is 28.8 Å². The molecule has 2 aromatic heterocycles. The molecular weight excluding hydrogens is 428 g/mol. The maximum atomic E-state index is 13.2. The number of aromatic nitrogens is 4. The first-order chi connectivity index (χ1) is 16.6. The van der Waals surface area contributed by atoms with Gasteiger partial charge in [-0.1, -0.05) is 56.3 Å². The maximum Gasteiger partial charge on any atom is 0.347 e. The van der Waals surface area contributed by atoms with Crippen molar-refractivity contribution in [2.24, 2.45) is 0 Å². The van der Waals surface area contributed by atoms with Crippen LogP contribution in [-0.4, -0.2) is 25.9 Å². The quantitative estimate of drug-likeness (QED) is 0.235. The Hall–Kier alpha value is -4.52. The summed E-state index contributed by atoms with van der Waals surface area (Å²) in [6, 6.07) is 24.7. The first-order valence-corrected chi connectivity index (χ1v) is 10.9. The topological polar surface area (TPSA) is 83.0 Å². The molecule has 0 atom stereocenters. The molecule has 0 saturated heterocycles. The van der Waals surface area contributed by atoms with E-state index in [1.165, 1.54) is 12.0 Å². The summed E-state index contributed by atoms with van der Waals surface area (Å²) in [5, 5.41) is 12.3. The lowest BCUT2D eigenvalue weighted by molar-refractivity contribution is 0.0735. The fourth-order valence-corrected chi connectivity index (χ4v) is 3.60. The highest BCUT2D eigenvalue weighted by atomic mass is 16.5. The monoisotopic (exact) mass is 450 g/mol. The van der Waals surface area contributed by atoms with E-state index in [4.69, 9.17) is 14.3 Å². The summed E-state index contributed by atoms with van der Waals surface area (Å²) in [5.41, 5.74) is 4.59. The van der Waals surface area contributed by atoms with Crippen LogP contribution in [0.1, 0.15) is 35.7 Å². The molecule has 0 fully saturated rings. The number of para-hydroxylation sites is 1. The summed E-state index contributed by atoms with van der Waals surface area (Å²) in [5.74, 6) is 0.724. The summed E-state index contributed by atoms with van der Waals surface area (Å²) in [6.07, 6.45) is 2.97. The second kappa shape index (κ2) is 9.15. The second-order valence-corrected chi connectivity index (χ2v) is 8.11. The maximum absolute atomic E-state index is 13.2. The van der Waals surface area contributed by atoms with Gasteiger partial charge in [-0.05, 0) is 47.9 Å². The smallest absolute Gasteiger partial charge is 0.347 e. The van der Waals surface area contributed by atoms with Crippen molar-refractivity contribution in [3.8, 4) is 34.1 Å². The summed E-state index contributed by atoms with van der Waals surface area (Å²) in [4.78, 5) is 13.2. The van der Waals surface area contributed by atoms with Crippen LogP contribution in [0, 0.1) is 0 Å². The molecule has 2 heterocycles. The molecule has 0 saturated carbocycles. The molecule has 0 unspecified atom stereocenters. The van der Waals surface area contributed by atoms with Crippen molar-refractivity contribution in [3.63, 3.8) is 0 Å². The Bertz CT molecular complexity index is 1390. The normalized spacial score (nSPS) is 11.0. The summed E-state index contributed by atoms with van der Waals surface area (Å²) < 4.78 is 12.6. The fourth-order valence-electron chi connectivity index (χ4n) is 3.60. The molecule has 0 bridgehead atoms. The molecule has 0 aliphatic carbocycles. The Balaban J connectivity index is 1.47. The van der Waals surface area contributed by atoms with Crippen molar-refractivity contribution < 1.29 is 13.9 Å². The van der Waals surface area contributed by atoms with Crippen LogP contribution >= 0.6 is 0 Å². The first-order valence-electron chi connectivity index (χ1n) is 10.9. The first kappa shape index (κ1) is 21.3. The summed E-state index contributed by atoms with van der Waals surface area (Å²) in [6.45, 7) is 4.29. The Morgan fingerprint density at radius 1 is 0.912 bits per heavy atom. The van der Waals surface area contributed by atoms with Crippen LogP contribution in [0.3, 0.4) is 0 Å². The van der Waals surface area contributed by atoms with Crippen LogP contribution in [0.15, 0.2) is 95.9 Å². The molecule has 0 aliphatic heterocycles. The zero-order valence-corrected chi connectivity index (χ0v) is 18.8. The van der Waals surface area contributed by atoms with E-state index in [2.05, 4.69) is 36.2 Å². The van der Waals surface area contributed by atoms with E-state index in [-0.39, 0.29) is 0 Å². The third-order valence-electron chi connectivity index (χ3n) is 5.48. The lowest BCUT2D eigenvalue weighted by Crippen LogP contribution is -2.09. The molecule has 0 amide bonds. The lowest BCUT2D eigenvalue weighted by Gasteiger charge is -2.07. The van der Waals surface area contributed by atoms with Gasteiger partial charge in [0.05, 0.1) is 5.69 Å². The zero-order chi connectivity index (χ0) is 23.5. The molecule has 0 aliphatic rings. The number of rotatable bonds is 6. The summed E-state index contributed by atoms with van der Waals surface area (Å²) >= 11 is 0. The SMILES string of the molecule is CC(C)c1ccc(-c2nn(-c3ccccc3)cc2C(=O)Oc2ccc(-c3nnco3)cc2)cc1. The summed E-state index contributed by atoms with van der Waals surface area (Å²) in [7, 11) is 0. The Morgan fingerprint density at radius 2 is 1.62 bits per heavy atom. The molecule has 7 heteroatoms. The van der Waals surface area contributed by atoms with Crippen molar-refractivity contribution in [1.82, 2.24) is 20.0 Å². The molecule has 0 radical (unpaired) electrons. The predicted molar refractivity (Wildman–Crippen MR) is 128 cm³/mol. The third kappa shape index (κ3) is 4.36. The van der Waals surface area contributed by atoms with Crippen LogP contribution in [-0.2, 0) is 0 Å². The highest BCUT2D eigenvalue weighted by molar-refractivity contribution is 5.97. The van der Waals surface area contributed by atoms with Crippen LogP contribution in [0.25, 0.3) is 28.4 Å². The van der Waals surface area contributed by atoms with Gasteiger partial charge in [0.2, 0.25) is 12.3 Å². The highest BCUT2D eigenvalue weighted by Crippen LogP contribution is 2.28. The van der Waals surface area contributed by atoms with E-state index in [1.807, 2.05) is 42.5 Å². The average Bonchev–Trinajstić information content (AvgIpc) is 3.56. The highest BCUT2D eigenvalue weighted by Gasteiger charge is 2.21. The number of esters is 1. The van der Waals surface area contributed by atoms with E-state index in [0.717, 1.165) is 16.8 Å². The minimum Gasteiger partial charge on any atom is -0.423 e. The van der Waals surface area contributed by atoms with Crippen LogP contribution in [0.2, 0.25) is 0 Å². The number of carbonyl (C=O) groups is 1. The number of carbonyl (C=O) groups excluding carboxylic acids is 1. The van der Waals surface area contributed by atoms with Crippen LogP contribution < -0.4 is 4.74 Å². The van der Waals surface area contributed by atoms with Crippen molar-refractivity contribution >= 4 is 5.97 Å². The Kier molecular flexibility index (Phi) is 5.74. The molecule has 0 N–H and O–H groups in total. The number of hydrogen-bond donors (Lipinski definition) is 0. The van der Waals surface area contributed by atoms with Crippen LogP contribution in [0.4, 0.5) is 0 Å². The fraction of sp³-hybridized carbons (Fsp3) is 0.111. The Labute approximate surface area is 196 Å². The minimum atomic E-state index is -0.490. The molecule has 34 heavy (non-hydrogen) atoms. The van der Waals surface area contributed by atoms with E-state index in [9.17, 15) is 4.79 Å². The van der Waals surface area contributed by atoms with Gasteiger partial charge in [0.1, 0.15) is 17.0 Å². The Morgan fingerprint density at radius 3 is 2.26 bits per heavy atom. The molecule has 0 spiro atoms. The third-order valence-corrected chi connectivity index (χ3v) is 5.48. The van der Waals surface area contributed by atoms with Gasteiger partial charge in [0.25, 0.3) is 0 Å². The predicted octanol–water partition coefficient (Wildman–Crippen LogP) is 5.93. The van der Waals surface area contributed by atoms with Crippen molar-refractivity contribution in [2.75, 3.05) is 0 Å². The average molecular weight is 450 g/mol. The number of hydrogen-bond acceptors (Lipinski definition) is 6. The van der Waals surface area contributed by atoms with E-state index >= 15 is 0 Å². The van der Waals surface area contributed by atoms with Gasteiger partial charge < -0.3 is 9.15 Å². The van der Waals surface area contributed by atoms with Crippen molar-refractivity contribution in [1.29, 1.82) is 0 Å². The van der Waals surface area contributed by atoms with E-state index in [1.54, 1.807) is 35.1 Å². The minimum absolute atomic E-state index is 0.377. The van der Waals surface area contributed by atoms with Gasteiger partial charge in [-0.2, -0.15) is 5.10 Å². The number of ether oxygens (including phenoxy) is 1. The van der Waals surface area contributed by atoms with Gasteiger partial charge in [0, 0.05) is 17.3 Å².